The number of fused-ring (bicyclic) bond motifs is 1. The Hall–Kier alpha value is -2.81. The van der Waals surface area contributed by atoms with Crippen molar-refractivity contribution >= 4 is 21.4 Å². The second-order valence-electron chi connectivity index (χ2n) is 6.63. The summed E-state index contributed by atoms with van der Waals surface area (Å²) in [4.78, 5) is 20.7. The monoisotopic (exact) mass is 385 g/mol. The highest BCUT2D eigenvalue weighted by molar-refractivity contribution is 7.91. The van der Waals surface area contributed by atoms with Gasteiger partial charge in [0.15, 0.2) is 15.5 Å². The van der Waals surface area contributed by atoms with E-state index >= 15 is 0 Å². The molecule has 1 fully saturated rings. The molecule has 140 valence electrons. The first-order chi connectivity index (χ1) is 13.0. The molecule has 8 nitrogen and oxygen atoms in total. The Morgan fingerprint density at radius 1 is 1.26 bits per heavy atom. The van der Waals surface area contributed by atoms with Gasteiger partial charge in [0.2, 0.25) is 5.91 Å². The molecule has 1 aliphatic rings. The van der Waals surface area contributed by atoms with Crippen molar-refractivity contribution in [3.63, 3.8) is 0 Å². The zero-order valence-corrected chi connectivity index (χ0v) is 15.4. The van der Waals surface area contributed by atoms with Gasteiger partial charge in [0.25, 0.3) is 0 Å². The summed E-state index contributed by atoms with van der Waals surface area (Å²) in [6.07, 6.45) is 6.26. The van der Waals surface area contributed by atoms with Crippen LogP contribution in [0, 0.1) is 5.92 Å². The van der Waals surface area contributed by atoms with Gasteiger partial charge < -0.3 is 5.32 Å². The normalized spacial score (nSPS) is 18.6. The standard InChI is InChI=1S/C18H19N5O3S/c24-18(14-5-10-27(25,26)12-14)20-8-3-15-11-17-21-16(4-9-23(17)22-15)13-1-6-19-7-2-13/h1-2,4,6-7,9,11,14H,3,5,8,10,12H2,(H,20,24). The molecule has 0 saturated carbocycles. The number of hydrogen-bond donors (Lipinski definition) is 1. The summed E-state index contributed by atoms with van der Waals surface area (Å²) in [7, 11) is -3.05. The summed E-state index contributed by atoms with van der Waals surface area (Å²) in [5.74, 6) is -0.573. The molecule has 1 amide bonds. The van der Waals surface area contributed by atoms with E-state index in [2.05, 4.69) is 20.4 Å². The Bertz CT molecular complexity index is 1080. The summed E-state index contributed by atoms with van der Waals surface area (Å²) in [6, 6.07) is 7.57. The van der Waals surface area contributed by atoms with Crippen molar-refractivity contribution in [1.82, 2.24) is 24.9 Å². The predicted octanol–water partition coefficient (Wildman–Crippen LogP) is 0.885. The quantitative estimate of drug-likeness (QED) is 0.699. The van der Waals surface area contributed by atoms with Crippen LogP contribution in [-0.2, 0) is 21.1 Å². The van der Waals surface area contributed by atoms with Gasteiger partial charge in [-0.05, 0) is 24.6 Å². The van der Waals surface area contributed by atoms with Gasteiger partial charge in [-0.2, -0.15) is 5.10 Å². The van der Waals surface area contributed by atoms with E-state index in [1.54, 1.807) is 16.9 Å². The van der Waals surface area contributed by atoms with Gasteiger partial charge in [-0.1, -0.05) is 0 Å². The van der Waals surface area contributed by atoms with Crippen LogP contribution in [0.15, 0.2) is 42.9 Å². The predicted molar refractivity (Wildman–Crippen MR) is 99.7 cm³/mol. The molecule has 3 aromatic rings. The fraction of sp³-hybridized carbons (Fsp3) is 0.333. The first-order valence-corrected chi connectivity index (χ1v) is 10.6. The molecule has 4 heterocycles. The van der Waals surface area contributed by atoms with E-state index in [1.165, 1.54) is 0 Å². The van der Waals surface area contributed by atoms with Crippen molar-refractivity contribution < 1.29 is 13.2 Å². The molecule has 1 N–H and O–H groups in total. The third-order valence-electron chi connectivity index (χ3n) is 4.63. The Balaban J connectivity index is 1.39. The van der Waals surface area contributed by atoms with Crippen LogP contribution in [0.4, 0.5) is 0 Å². The number of aromatic nitrogens is 4. The summed E-state index contributed by atoms with van der Waals surface area (Å²) < 4.78 is 24.6. The van der Waals surface area contributed by atoms with E-state index in [0.29, 0.717) is 19.4 Å². The van der Waals surface area contributed by atoms with Gasteiger partial charge in [0, 0.05) is 43.2 Å². The minimum atomic E-state index is -3.05. The molecular formula is C18H19N5O3S. The van der Waals surface area contributed by atoms with Crippen LogP contribution in [0.5, 0.6) is 0 Å². The van der Waals surface area contributed by atoms with Gasteiger partial charge in [0.05, 0.1) is 28.8 Å². The number of pyridine rings is 1. The Morgan fingerprint density at radius 2 is 2.07 bits per heavy atom. The minimum Gasteiger partial charge on any atom is -0.355 e. The van der Waals surface area contributed by atoms with Crippen LogP contribution in [-0.4, -0.2) is 52.0 Å². The van der Waals surface area contributed by atoms with Crippen LogP contribution < -0.4 is 5.32 Å². The molecule has 1 atom stereocenters. The molecule has 1 saturated heterocycles. The summed E-state index contributed by atoms with van der Waals surface area (Å²) >= 11 is 0. The van der Waals surface area contributed by atoms with Crippen LogP contribution in [0.1, 0.15) is 12.1 Å². The van der Waals surface area contributed by atoms with Crippen molar-refractivity contribution in [3.05, 3.63) is 48.5 Å². The second kappa shape index (κ2) is 7.07. The number of carbonyl (C=O) groups is 1. The first kappa shape index (κ1) is 17.6. The van der Waals surface area contributed by atoms with Crippen molar-refractivity contribution in [2.75, 3.05) is 18.1 Å². The number of nitrogens with one attached hydrogen (secondary N) is 1. The molecule has 1 aliphatic heterocycles. The topological polar surface area (TPSA) is 106 Å². The van der Waals surface area contributed by atoms with E-state index in [9.17, 15) is 13.2 Å². The number of carbonyl (C=O) groups excluding carboxylic acids is 1. The van der Waals surface area contributed by atoms with E-state index in [-0.39, 0.29) is 17.4 Å². The zero-order valence-electron chi connectivity index (χ0n) is 14.6. The fourth-order valence-electron chi connectivity index (χ4n) is 3.19. The first-order valence-electron chi connectivity index (χ1n) is 8.74. The van der Waals surface area contributed by atoms with E-state index < -0.39 is 15.8 Å². The highest BCUT2D eigenvalue weighted by atomic mass is 32.2. The van der Waals surface area contributed by atoms with Crippen LogP contribution >= 0.6 is 0 Å². The number of nitrogens with zero attached hydrogens (tertiary/aromatic N) is 4. The number of sulfone groups is 1. The molecule has 0 aliphatic carbocycles. The molecule has 3 aromatic heterocycles. The lowest BCUT2D eigenvalue weighted by Gasteiger charge is -2.08. The van der Waals surface area contributed by atoms with Gasteiger partial charge in [0.1, 0.15) is 0 Å². The molecule has 1 unspecified atom stereocenters. The lowest BCUT2D eigenvalue weighted by Crippen LogP contribution is -2.32. The second-order valence-corrected chi connectivity index (χ2v) is 8.86. The molecule has 0 spiro atoms. The minimum absolute atomic E-state index is 0.0467. The highest BCUT2D eigenvalue weighted by Gasteiger charge is 2.32. The largest absolute Gasteiger partial charge is 0.355 e. The summed E-state index contributed by atoms with van der Waals surface area (Å²) in [5, 5.41) is 7.27. The van der Waals surface area contributed by atoms with Gasteiger partial charge in [-0.25, -0.2) is 17.9 Å². The zero-order chi connectivity index (χ0) is 18.9. The number of amides is 1. The van der Waals surface area contributed by atoms with Crippen molar-refractivity contribution in [2.45, 2.75) is 12.8 Å². The molecule has 27 heavy (non-hydrogen) atoms. The summed E-state index contributed by atoms with van der Waals surface area (Å²) in [6.45, 7) is 0.413. The van der Waals surface area contributed by atoms with Crippen molar-refractivity contribution in [1.29, 1.82) is 0 Å². The number of hydrogen-bond acceptors (Lipinski definition) is 6. The third kappa shape index (κ3) is 3.97. The van der Waals surface area contributed by atoms with Crippen LogP contribution in [0.25, 0.3) is 16.9 Å². The van der Waals surface area contributed by atoms with Crippen LogP contribution in [0.3, 0.4) is 0 Å². The molecule has 0 bridgehead atoms. The fourth-order valence-corrected chi connectivity index (χ4v) is 4.94. The molecule has 4 rings (SSSR count). The molecule has 0 radical (unpaired) electrons. The van der Waals surface area contributed by atoms with E-state index in [0.717, 1.165) is 22.6 Å². The molecule has 0 aromatic carbocycles. The lowest BCUT2D eigenvalue weighted by atomic mass is 10.1. The Labute approximate surface area is 156 Å². The molecular weight excluding hydrogens is 366 g/mol. The van der Waals surface area contributed by atoms with Gasteiger partial charge >= 0.3 is 0 Å². The van der Waals surface area contributed by atoms with Gasteiger partial charge in [-0.15, -0.1) is 0 Å². The highest BCUT2D eigenvalue weighted by Crippen LogP contribution is 2.19. The Kier molecular flexibility index (Phi) is 4.61. The Morgan fingerprint density at radius 3 is 2.81 bits per heavy atom. The van der Waals surface area contributed by atoms with E-state index in [4.69, 9.17) is 0 Å². The maximum absolute atomic E-state index is 12.1. The molecule has 9 heteroatoms. The lowest BCUT2D eigenvalue weighted by molar-refractivity contribution is -0.124. The third-order valence-corrected chi connectivity index (χ3v) is 6.40. The maximum atomic E-state index is 12.1. The van der Waals surface area contributed by atoms with E-state index in [1.807, 2.05) is 30.5 Å². The summed E-state index contributed by atoms with van der Waals surface area (Å²) in [5.41, 5.74) is 3.36. The SMILES string of the molecule is O=C(NCCc1cc2nc(-c3ccncc3)ccn2n1)C1CCS(=O)(=O)C1. The smallest absolute Gasteiger partial charge is 0.224 e. The van der Waals surface area contributed by atoms with Gasteiger partial charge in [-0.3, -0.25) is 9.78 Å². The average molecular weight is 385 g/mol. The van der Waals surface area contributed by atoms with Crippen LogP contribution in [0.2, 0.25) is 0 Å². The van der Waals surface area contributed by atoms with Crippen molar-refractivity contribution in [2.24, 2.45) is 5.92 Å². The maximum Gasteiger partial charge on any atom is 0.224 e. The average Bonchev–Trinajstić information content (AvgIpc) is 3.24. The number of rotatable bonds is 5. The van der Waals surface area contributed by atoms with Crippen molar-refractivity contribution in [3.8, 4) is 11.3 Å².